The minimum absolute atomic E-state index is 0.137. The summed E-state index contributed by atoms with van der Waals surface area (Å²) in [4.78, 5) is 2.35. The summed E-state index contributed by atoms with van der Waals surface area (Å²) in [5.41, 5.74) is 1.18. The lowest BCUT2D eigenvalue weighted by Crippen LogP contribution is -2.47. The van der Waals surface area contributed by atoms with E-state index in [9.17, 15) is 0 Å². The second-order valence-electron chi connectivity index (χ2n) is 5.43. The highest BCUT2D eigenvalue weighted by Gasteiger charge is 2.33. The van der Waals surface area contributed by atoms with Crippen LogP contribution in [0.3, 0.4) is 0 Å². The molecule has 1 aromatic carbocycles. The molecule has 1 aromatic rings. The fourth-order valence-electron chi connectivity index (χ4n) is 2.83. The number of morpholine rings is 1. The van der Waals surface area contributed by atoms with Crippen molar-refractivity contribution >= 4 is 15.9 Å². The normalized spacial score (nSPS) is 23.2. The van der Waals surface area contributed by atoms with Crippen LogP contribution in [0.15, 0.2) is 22.7 Å². The summed E-state index contributed by atoms with van der Waals surface area (Å²) >= 11 is 3.57. The van der Waals surface area contributed by atoms with E-state index >= 15 is 0 Å². The van der Waals surface area contributed by atoms with Crippen molar-refractivity contribution in [1.29, 1.82) is 0 Å². The van der Waals surface area contributed by atoms with Gasteiger partial charge in [-0.05, 0) is 38.2 Å². The summed E-state index contributed by atoms with van der Waals surface area (Å²) in [5, 5.41) is 3.47. The summed E-state index contributed by atoms with van der Waals surface area (Å²) in [5.74, 6) is 0.918. The summed E-state index contributed by atoms with van der Waals surface area (Å²) in [6.45, 7) is 5.77. The lowest BCUT2D eigenvalue weighted by atomic mass is 9.97. The van der Waals surface area contributed by atoms with Crippen LogP contribution in [0.4, 0.5) is 0 Å². The van der Waals surface area contributed by atoms with Crippen LogP contribution >= 0.6 is 15.9 Å². The Morgan fingerprint density at radius 3 is 3.00 bits per heavy atom. The Balaban J connectivity index is 2.24. The van der Waals surface area contributed by atoms with E-state index in [0.29, 0.717) is 0 Å². The van der Waals surface area contributed by atoms with Crippen LogP contribution in [0.1, 0.15) is 24.9 Å². The molecule has 0 amide bonds. The van der Waals surface area contributed by atoms with Gasteiger partial charge in [-0.15, -0.1) is 0 Å². The zero-order valence-corrected chi connectivity index (χ0v) is 14.6. The average molecular weight is 357 g/mol. The maximum absolute atomic E-state index is 6.03. The van der Waals surface area contributed by atoms with E-state index in [0.717, 1.165) is 42.9 Å². The smallest absolute Gasteiger partial charge is 0.123 e. The average Bonchev–Trinajstić information content (AvgIpc) is 2.48. The first kappa shape index (κ1) is 16.7. The van der Waals surface area contributed by atoms with Crippen molar-refractivity contribution in [3.8, 4) is 5.75 Å². The lowest BCUT2D eigenvalue weighted by molar-refractivity contribution is -0.0618. The summed E-state index contributed by atoms with van der Waals surface area (Å²) < 4.78 is 12.6. The van der Waals surface area contributed by atoms with Crippen LogP contribution in [0, 0.1) is 0 Å². The number of methoxy groups -OCH3 is 1. The van der Waals surface area contributed by atoms with E-state index in [1.54, 1.807) is 7.11 Å². The number of rotatable bonds is 6. The molecule has 1 heterocycles. The predicted molar refractivity (Wildman–Crippen MR) is 89.0 cm³/mol. The van der Waals surface area contributed by atoms with Gasteiger partial charge in [-0.25, -0.2) is 0 Å². The molecule has 1 fully saturated rings. The monoisotopic (exact) mass is 356 g/mol. The number of nitrogens with zero attached hydrogens (tertiary/aromatic N) is 1. The first-order valence-corrected chi connectivity index (χ1v) is 8.32. The molecule has 0 saturated carbocycles. The maximum atomic E-state index is 6.03. The van der Waals surface area contributed by atoms with E-state index in [-0.39, 0.29) is 12.1 Å². The fraction of sp³-hybridized carbons (Fsp3) is 0.625. The van der Waals surface area contributed by atoms with Gasteiger partial charge in [0, 0.05) is 23.1 Å². The van der Waals surface area contributed by atoms with Crippen LogP contribution < -0.4 is 10.1 Å². The maximum Gasteiger partial charge on any atom is 0.123 e. The van der Waals surface area contributed by atoms with E-state index < -0.39 is 0 Å². The third kappa shape index (κ3) is 4.19. The zero-order chi connectivity index (χ0) is 15.2. The van der Waals surface area contributed by atoms with Gasteiger partial charge in [0.05, 0.1) is 25.9 Å². The Labute approximate surface area is 135 Å². The van der Waals surface area contributed by atoms with Crippen LogP contribution in [0.5, 0.6) is 5.75 Å². The number of benzene rings is 1. The number of nitrogens with one attached hydrogen (secondary N) is 1. The van der Waals surface area contributed by atoms with Crippen LogP contribution in [-0.2, 0) is 4.74 Å². The number of ether oxygens (including phenoxy) is 2. The number of halogens is 1. The van der Waals surface area contributed by atoms with Gasteiger partial charge in [0.15, 0.2) is 0 Å². The van der Waals surface area contributed by atoms with Gasteiger partial charge in [0.1, 0.15) is 5.75 Å². The molecule has 4 nitrogen and oxygen atoms in total. The molecule has 0 bridgehead atoms. The largest absolute Gasteiger partial charge is 0.496 e. The number of likely N-dealkylation sites (N-methyl/N-ethyl adjacent to an activating group) is 1. The van der Waals surface area contributed by atoms with Crippen molar-refractivity contribution in [3.63, 3.8) is 0 Å². The molecule has 2 unspecified atom stereocenters. The van der Waals surface area contributed by atoms with Gasteiger partial charge in [-0.3, -0.25) is 4.90 Å². The highest BCUT2D eigenvalue weighted by atomic mass is 79.9. The molecule has 1 aliphatic heterocycles. The SMILES string of the molecule is CCCNCC1OCCN(C)C1c1cc(Br)ccc1OC. The molecule has 1 saturated heterocycles. The minimum Gasteiger partial charge on any atom is -0.496 e. The Morgan fingerprint density at radius 2 is 2.29 bits per heavy atom. The summed E-state index contributed by atoms with van der Waals surface area (Å²) in [6.07, 6.45) is 1.27. The summed E-state index contributed by atoms with van der Waals surface area (Å²) in [6, 6.07) is 6.37. The predicted octanol–water partition coefficient (Wildman–Crippen LogP) is 2.83. The highest BCUT2D eigenvalue weighted by molar-refractivity contribution is 9.10. The molecule has 21 heavy (non-hydrogen) atoms. The van der Waals surface area contributed by atoms with Crippen LogP contribution in [0.25, 0.3) is 0 Å². The molecule has 2 rings (SSSR count). The van der Waals surface area contributed by atoms with E-state index in [4.69, 9.17) is 9.47 Å². The topological polar surface area (TPSA) is 33.7 Å². The molecule has 1 N–H and O–H groups in total. The molecule has 118 valence electrons. The Morgan fingerprint density at radius 1 is 1.48 bits per heavy atom. The van der Waals surface area contributed by atoms with E-state index in [1.165, 1.54) is 5.56 Å². The molecule has 1 aliphatic rings. The van der Waals surface area contributed by atoms with Crippen molar-refractivity contribution < 1.29 is 9.47 Å². The van der Waals surface area contributed by atoms with Gasteiger partial charge < -0.3 is 14.8 Å². The van der Waals surface area contributed by atoms with Crippen molar-refractivity contribution in [3.05, 3.63) is 28.2 Å². The van der Waals surface area contributed by atoms with E-state index in [2.05, 4.69) is 46.2 Å². The zero-order valence-electron chi connectivity index (χ0n) is 13.1. The van der Waals surface area contributed by atoms with Gasteiger partial charge in [0.25, 0.3) is 0 Å². The molecule has 0 aliphatic carbocycles. The highest BCUT2D eigenvalue weighted by Crippen LogP contribution is 2.36. The number of hydrogen-bond acceptors (Lipinski definition) is 4. The molecular formula is C16H25BrN2O2. The van der Waals surface area contributed by atoms with Crippen LogP contribution in [-0.4, -0.2) is 51.4 Å². The van der Waals surface area contributed by atoms with Gasteiger partial charge in [0.2, 0.25) is 0 Å². The Hall–Kier alpha value is -0.620. The Bertz CT molecular complexity index is 456. The summed E-state index contributed by atoms with van der Waals surface area (Å²) in [7, 11) is 3.88. The molecule has 2 atom stereocenters. The third-order valence-electron chi connectivity index (χ3n) is 3.89. The van der Waals surface area contributed by atoms with E-state index in [1.807, 2.05) is 12.1 Å². The van der Waals surface area contributed by atoms with Crippen molar-refractivity contribution in [2.75, 3.05) is 40.4 Å². The van der Waals surface area contributed by atoms with Crippen molar-refractivity contribution in [1.82, 2.24) is 10.2 Å². The van der Waals surface area contributed by atoms with Gasteiger partial charge in [-0.1, -0.05) is 22.9 Å². The lowest BCUT2D eigenvalue weighted by Gasteiger charge is -2.40. The Kier molecular flexibility index (Phi) is 6.48. The van der Waals surface area contributed by atoms with Gasteiger partial charge >= 0.3 is 0 Å². The minimum atomic E-state index is 0.137. The molecule has 0 spiro atoms. The fourth-order valence-corrected chi connectivity index (χ4v) is 3.21. The van der Waals surface area contributed by atoms with Crippen molar-refractivity contribution in [2.24, 2.45) is 0 Å². The third-order valence-corrected chi connectivity index (χ3v) is 4.38. The first-order valence-electron chi connectivity index (χ1n) is 7.53. The van der Waals surface area contributed by atoms with Gasteiger partial charge in [-0.2, -0.15) is 0 Å². The van der Waals surface area contributed by atoms with Crippen molar-refractivity contribution in [2.45, 2.75) is 25.5 Å². The molecule has 0 radical (unpaired) electrons. The second-order valence-corrected chi connectivity index (χ2v) is 6.34. The second kappa shape index (κ2) is 8.13. The first-order chi connectivity index (χ1) is 10.2. The quantitative estimate of drug-likeness (QED) is 0.794. The number of hydrogen-bond donors (Lipinski definition) is 1. The van der Waals surface area contributed by atoms with Crippen LogP contribution in [0.2, 0.25) is 0 Å². The molecule has 5 heteroatoms. The standard InChI is InChI=1S/C16H25BrN2O2/c1-4-7-18-11-15-16(19(2)8-9-21-15)13-10-12(17)5-6-14(13)20-3/h5-6,10,15-16,18H,4,7-9,11H2,1-3H3. The molecule has 0 aromatic heterocycles. The molecular weight excluding hydrogens is 332 g/mol.